The molecule has 3 nitrogen and oxygen atoms in total. The Morgan fingerprint density at radius 1 is 1.54 bits per heavy atom. The van der Waals surface area contributed by atoms with Gasteiger partial charge in [-0.05, 0) is 24.5 Å². The van der Waals surface area contributed by atoms with Crippen molar-refractivity contribution < 1.29 is 0 Å². The largest absolute Gasteiger partial charge is 0.310 e. The van der Waals surface area contributed by atoms with Crippen LogP contribution in [0.4, 0.5) is 0 Å². The molecule has 1 aliphatic carbocycles. The Morgan fingerprint density at radius 3 is 3.08 bits per heavy atom. The fourth-order valence-electron chi connectivity index (χ4n) is 1.20. The second kappa shape index (κ2) is 3.55. The van der Waals surface area contributed by atoms with Crippen LogP contribution in [0.5, 0.6) is 0 Å². The Balaban J connectivity index is 1.98. The average Bonchev–Trinajstić information content (AvgIpc) is 2.99. The molecule has 0 saturated heterocycles. The van der Waals surface area contributed by atoms with Crippen molar-refractivity contribution in [2.45, 2.75) is 25.4 Å². The first-order chi connectivity index (χ1) is 6.38. The zero-order valence-electron chi connectivity index (χ0n) is 7.33. The van der Waals surface area contributed by atoms with Gasteiger partial charge in [0.25, 0.3) is 0 Å². The van der Waals surface area contributed by atoms with Crippen LogP contribution in [-0.2, 0) is 6.54 Å². The lowest BCUT2D eigenvalue weighted by atomic mass is 10.2. The summed E-state index contributed by atoms with van der Waals surface area (Å²) < 4.78 is 0. The van der Waals surface area contributed by atoms with Crippen molar-refractivity contribution in [2.75, 3.05) is 0 Å². The van der Waals surface area contributed by atoms with Gasteiger partial charge in [0.1, 0.15) is 6.07 Å². The first kappa shape index (κ1) is 8.21. The molecule has 1 aromatic heterocycles. The van der Waals surface area contributed by atoms with Gasteiger partial charge in [0, 0.05) is 25.0 Å². The number of nitrogens with one attached hydrogen (secondary N) is 1. The molecule has 0 unspecified atom stereocenters. The molecular formula is C10H11N3. The zero-order valence-corrected chi connectivity index (χ0v) is 7.33. The lowest BCUT2D eigenvalue weighted by molar-refractivity contribution is 0.686. The molecule has 1 aromatic rings. The summed E-state index contributed by atoms with van der Waals surface area (Å²) in [6.45, 7) is 0.827. The number of aromatic nitrogens is 1. The van der Waals surface area contributed by atoms with Crippen LogP contribution in [0.15, 0.2) is 18.5 Å². The van der Waals surface area contributed by atoms with Gasteiger partial charge in [-0.3, -0.25) is 4.98 Å². The maximum atomic E-state index is 8.64. The zero-order chi connectivity index (χ0) is 9.10. The Hall–Kier alpha value is -1.40. The van der Waals surface area contributed by atoms with E-state index in [-0.39, 0.29) is 0 Å². The molecule has 0 amide bonds. The highest BCUT2D eigenvalue weighted by atomic mass is 14.9. The first-order valence-electron chi connectivity index (χ1n) is 4.46. The standard InChI is InChI=1S/C10H11N3/c11-4-8-3-9(6-12-5-8)7-13-10-1-2-10/h3,5-6,10,13H,1-2,7H2. The highest BCUT2D eigenvalue weighted by Crippen LogP contribution is 2.19. The maximum Gasteiger partial charge on any atom is 0.101 e. The van der Waals surface area contributed by atoms with Crippen LogP contribution < -0.4 is 5.32 Å². The van der Waals surface area contributed by atoms with Gasteiger partial charge in [-0.15, -0.1) is 0 Å². The Kier molecular flexibility index (Phi) is 2.24. The number of rotatable bonds is 3. The summed E-state index contributed by atoms with van der Waals surface area (Å²) in [6.07, 6.45) is 5.95. The van der Waals surface area contributed by atoms with Crippen LogP contribution in [0.2, 0.25) is 0 Å². The molecule has 1 fully saturated rings. The molecule has 0 aromatic carbocycles. The fourth-order valence-corrected chi connectivity index (χ4v) is 1.20. The molecule has 0 spiro atoms. The maximum absolute atomic E-state index is 8.64. The van der Waals surface area contributed by atoms with E-state index in [1.807, 2.05) is 6.07 Å². The summed E-state index contributed by atoms with van der Waals surface area (Å²) in [5.74, 6) is 0. The van der Waals surface area contributed by atoms with E-state index in [1.54, 1.807) is 12.4 Å². The second-order valence-corrected chi connectivity index (χ2v) is 3.35. The third kappa shape index (κ3) is 2.27. The number of pyridine rings is 1. The molecule has 1 aliphatic rings. The highest BCUT2D eigenvalue weighted by molar-refractivity contribution is 5.28. The number of nitriles is 1. The van der Waals surface area contributed by atoms with Gasteiger partial charge in [0.05, 0.1) is 5.56 Å². The minimum atomic E-state index is 0.634. The molecule has 1 heterocycles. The Morgan fingerprint density at radius 2 is 2.38 bits per heavy atom. The second-order valence-electron chi connectivity index (χ2n) is 3.35. The number of hydrogen-bond acceptors (Lipinski definition) is 3. The summed E-state index contributed by atoms with van der Waals surface area (Å²) in [7, 11) is 0. The molecule has 0 atom stereocenters. The molecule has 2 rings (SSSR count). The van der Waals surface area contributed by atoms with E-state index in [0.29, 0.717) is 11.6 Å². The molecule has 0 radical (unpaired) electrons. The Labute approximate surface area is 77.4 Å². The fraction of sp³-hybridized carbons (Fsp3) is 0.400. The molecule has 13 heavy (non-hydrogen) atoms. The molecule has 66 valence electrons. The summed E-state index contributed by atoms with van der Waals surface area (Å²) in [6, 6.07) is 4.66. The number of hydrogen-bond donors (Lipinski definition) is 1. The SMILES string of the molecule is N#Cc1cncc(CNC2CC2)c1. The van der Waals surface area contributed by atoms with E-state index >= 15 is 0 Å². The van der Waals surface area contributed by atoms with Crippen molar-refractivity contribution in [2.24, 2.45) is 0 Å². The van der Waals surface area contributed by atoms with Crippen LogP contribution in [-0.4, -0.2) is 11.0 Å². The van der Waals surface area contributed by atoms with Crippen molar-refractivity contribution in [1.82, 2.24) is 10.3 Å². The average molecular weight is 173 g/mol. The van der Waals surface area contributed by atoms with E-state index in [2.05, 4.69) is 16.4 Å². The van der Waals surface area contributed by atoms with Crippen molar-refractivity contribution in [1.29, 1.82) is 5.26 Å². The van der Waals surface area contributed by atoms with Gasteiger partial charge in [-0.25, -0.2) is 0 Å². The van der Waals surface area contributed by atoms with Gasteiger partial charge in [-0.2, -0.15) is 5.26 Å². The van der Waals surface area contributed by atoms with Gasteiger partial charge < -0.3 is 5.32 Å². The smallest absolute Gasteiger partial charge is 0.101 e. The number of nitrogens with zero attached hydrogens (tertiary/aromatic N) is 2. The molecule has 1 N–H and O–H groups in total. The van der Waals surface area contributed by atoms with Gasteiger partial charge >= 0.3 is 0 Å². The monoisotopic (exact) mass is 173 g/mol. The highest BCUT2D eigenvalue weighted by Gasteiger charge is 2.19. The molecular weight excluding hydrogens is 162 g/mol. The van der Waals surface area contributed by atoms with E-state index in [9.17, 15) is 0 Å². The quantitative estimate of drug-likeness (QED) is 0.747. The van der Waals surface area contributed by atoms with Crippen molar-refractivity contribution in [3.8, 4) is 6.07 Å². The lowest BCUT2D eigenvalue weighted by Crippen LogP contribution is -2.15. The predicted octanol–water partition coefficient (Wildman–Crippen LogP) is 1.21. The van der Waals surface area contributed by atoms with Crippen LogP contribution in [0.3, 0.4) is 0 Å². The van der Waals surface area contributed by atoms with E-state index in [0.717, 1.165) is 12.1 Å². The molecule has 0 bridgehead atoms. The van der Waals surface area contributed by atoms with Crippen molar-refractivity contribution in [3.63, 3.8) is 0 Å². The summed E-state index contributed by atoms with van der Waals surface area (Å²) in [5, 5.41) is 12.0. The minimum Gasteiger partial charge on any atom is -0.310 e. The van der Waals surface area contributed by atoms with Gasteiger partial charge in [-0.1, -0.05) is 0 Å². The molecule has 1 saturated carbocycles. The summed E-state index contributed by atoms with van der Waals surface area (Å²) in [4.78, 5) is 3.99. The van der Waals surface area contributed by atoms with Crippen LogP contribution in [0, 0.1) is 11.3 Å². The third-order valence-electron chi connectivity index (χ3n) is 2.10. The summed E-state index contributed by atoms with van der Waals surface area (Å²) in [5.41, 5.74) is 1.72. The third-order valence-corrected chi connectivity index (χ3v) is 2.10. The predicted molar refractivity (Wildman–Crippen MR) is 48.8 cm³/mol. The normalized spacial score (nSPS) is 15.3. The topological polar surface area (TPSA) is 48.7 Å². The van der Waals surface area contributed by atoms with Crippen LogP contribution >= 0.6 is 0 Å². The van der Waals surface area contributed by atoms with Gasteiger partial charge in [0.15, 0.2) is 0 Å². The van der Waals surface area contributed by atoms with E-state index in [1.165, 1.54) is 12.8 Å². The minimum absolute atomic E-state index is 0.634. The Bertz CT molecular complexity index is 336. The molecule has 0 aliphatic heterocycles. The lowest BCUT2D eigenvalue weighted by Gasteiger charge is -2.01. The first-order valence-corrected chi connectivity index (χ1v) is 4.46. The summed E-state index contributed by atoms with van der Waals surface area (Å²) >= 11 is 0. The van der Waals surface area contributed by atoms with Crippen LogP contribution in [0.1, 0.15) is 24.0 Å². The van der Waals surface area contributed by atoms with E-state index in [4.69, 9.17) is 5.26 Å². The molecule has 3 heteroatoms. The van der Waals surface area contributed by atoms with Gasteiger partial charge in [0.2, 0.25) is 0 Å². The van der Waals surface area contributed by atoms with Crippen molar-refractivity contribution >= 4 is 0 Å². The van der Waals surface area contributed by atoms with E-state index < -0.39 is 0 Å². The van der Waals surface area contributed by atoms with Crippen molar-refractivity contribution in [3.05, 3.63) is 29.6 Å². The van der Waals surface area contributed by atoms with Crippen LogP contribution in [0.25, 0.3) is 0 Å².